The van der Waals surface area contributed by atoms with E-state index in [0.29, 0.717) is 5.46 Å². The molecule has 0 amide bonds. The van der Waals surface area contributed by atoms with Crippen LogP contribution in [0.1, 0.15) is 0 Å². The summed E-state index contributed by atoms with van der Waals surface area (Å²) in [7, 11) is -0.932. The summed E-state index contributed by atoms with van der Waals surface area (Å²) >= 11 is 5.54. The zero-order valence-electron chi connectivity index (χ0n) is 10.4. The summed E-state index contributed by atoms with van der Waals surface area (Å²) in [6.45, 7) is 0.0694. The highest BCUT2D eigenvalue weighted by molar-refractivity contribution is 6.59. The molecule has 0 bridgehead atoms. The summed E-state index contributed by atoms with van der Waals surface area (Å²) in [6, 6.07) is 18.5. The van der Waals surface area contributed by atoms with Gasteiger partial charge in [-0.1, -0.05) is 60.1 Å². The van der Waals surface area contributed by atoms with Crippen molar-refractivity contribution >= 4 is 24.2 Å². The van der Waals surface area contributed by atoms with Gasteiger partial charge in [0.1, 0.15) is 0 Å². The first kappa shape index (κ1) is 15.7. The molecule has 0 aliphatic rings. The van der Waals surface area contributed by atoms with Gasteiger partial charge < -0.3 is 14.8 Å². The topological polar surface area (TPSA) is 49.7 Å². The van der Waals surface area contributed by atoms with Crippen molar-refractivity contribution in [3.05, 3.63) is 65.7 Å². The quantitative estimate of drug-likeness (QED) is 0.837. The Balaban J connectivity index is 0.000000218. The summed E-state index contributed by atoms with van der Waals surface area (Å²) in [5.41, 5.74) is 0.700. The highest BCUT2D eigenvalue weighted by Crippen LogP contribution is 2.03. The Kier molecular flexibility index (Phi) is 7.94. The first-order valence-corrected chi connectivity index (χ1v) is 6.28. The summed E-state index contributed by atoms with van der Waals surface area (Å²) in [5, 5.41) is 18.5. The van der Waals surface area contributed by atoms with Gasteiger partial charge in [0.2, 0.25) is 0 Å². The Labute approximate surface area is 118 Å². The smallest absolute Gasteiger partial charge is 0.423 e. The predicted molar refractivity (Wildman–Crippen MR) is 78.5 cm³/mol. The fourth-order valence-corrected chi connectivity index (χ4v) is 1.44. The first-order chi connectivity index (χ1) is 9.24. The maximum atomic E-state index is 9.32. The van der Waals surface area contributed by atoms with Crippen LogP contribution in [0.25, 0.3) is 0 Å². The van der Waals surface area contributed by atoms with Crippen molar-refractivity contribution in [1.29, 1.82) is 0 Å². The summed E-state index contributed by atoms with van der Waals surface area (Å²) < 4.78 is 4.88. The molecule has 0 heterocycles. The third-order valence-electron chi connectivity index (χ3n) is 2.18. The SMILES string of the molecule is Clc1ccccc1.OCCOB(O)c1ccccc1. The van der Waals surface area contributed by atoms with Crippen LogP contribution < -0.4 is 5.46 Å². The van der Waals surface area contributed by atoms with Crippen molar-refractivity contribution in [2.24, 2.45) is 0 Å². The van der Waals surface area contributed by atoms with Crippen molar-refractivity contribution in [3.8, 4) is 0 Å². The molecular formula is C14H16BClO3. The lowest BCUT2D eigenvalue weighted by Crippen LogP contribution is -2.34. The van der Waals surface area contributed by atoms with E-state index in [1.165, 1.54) is 0 Å². The van der Waals surface area contributed by atoms with Crippen LogP contribution in [0.15, 0.2) is 60.7 Å². The number of hydrogen-bond acceptors (Lipinski definition) is 3. The molecule has 0 spiro atoms. The third kappa shape index (κ3) is 6.98. The molecule has 2 rings (SSSR count). The maximum Gasteiger partial charge on any atom is 0.491 e. The van der Waals surface area contributed by atoms with E-state index in [1.54, 1.807) is 12.1 Å². The normalized spacial score (nSPS) is 9.42. The van der Waals surface area contributed by atoms with Gasteiger partial charge in [0.05, 0.1) is 13.2 Å². The molecular weight excluding hydrogens is 262 g/mol. The Morgan fingerprint density at radius 1 is 0.947 bits per heavy atom. The second-order valence-electron chi connectivity index (χ2n) is 3.65. The summed E-state index contributed by atoms with van der Waals surface area (Å²) in [6.07, 6.45) is 0. The zero-order valence-corrected chi connectivity index (χ0v) is 11.2. The first-order valence-electron chi connectivity index (χ1n) is 5.90. The van der Waals surface area contributed by atoms with Gasteiger partial charge in [-0.05, 0) is 17.6 Å². The fraction of sp³-hybridized carbons (Fsp3) is 0.143. The number of rotatable bonds is 4. The molecule has 0 saturated carbocycles. The highest BCUT2D eigenvalue weighted by atomic mass is 35.5. The van der Waals surface area contributed by atoms with Gasteiger partial charge in [-0.3, -0.25) is 0 Å². The molecule has 100 valence electrons. The molecule has 19 heavy (non-hydrogen) atoms. The molecule has 2 aromatic carbocycles. The van der Waals surface area contributed by atoms with E-state index >= 15 is 0 Å². The molecule has 0 aliphatic carbocycles. The van der Waals surface area contributed by atoms with E-state index in [2.05, 4.69) is 0 Å². The maximum absolute atomic E-state index is 9.32. The van der Waals surface area contributed by atoms with Crippen LogP contribution in [0.2, 0.25) is 5.02 Å². The molecule has 0 atom stereocenters. The van der Waals surface area contributed by atoms with Crippen LogP contribution >= 0.6 is 11.6 Å². The minimum atomic E-state index is -0.932. The minimum Gasteiger partial charge on any atom is -0.423 e. The molecule has 0 radical (unpaired) electrons. The zero-order chi connectivity index (χ0) is 13.9. The molecule has 2 N–H and O–H groups in total. The third-order valence-corrected chi connectivity index (χ3v) is 2.44. The van der Waals surface area contributed by atoms with Crippen LogP contribution in [0.5, 0.6) is 0 Å². The predicted octanol–water partition coefficient (Wildman–Crippen LogP) is 1.72. The van der Waals surface area contributed by atoms with Gasteiger partial charge in [-0.15, -0.1) is 0 Å². The average molecular weight is 279 g/mol. The van der Waals surface area contributed by atoms with Crippen LogP contribution in [0.4, 0.5) is 0 Å². The second kappa shape index (κ2) is 9.58. The number of benzene rings is 2. The Bertz CT molecular complexity index is 439. The molecule has 3 nitrogen and oxygen atoms in total. The van der Waals surface area contributed by atoms with Crippen LogP contribution in [0, 0.1) is 0 Å². The lowest BCUT2D eigenvalue weighted by Gasteiger charge is -2.05. The van der Waals surface area contributed by atoms with E-state index in [0.717, 1.165) is 5.02 Å². The average Bonchev–Trinajstić information content (AvgIpc) is 2.47. The van der Waals surface area contributed by atoms with Gasteiger partial charge in [0, 0.05) is 5.02 Å². The monoisotopic (exact) mass is 278 g/mol. The molecule has 5 heteroatoms. The van der Waals surface area contributed by atoms with Crippen molar-refractivity contribution in [2.75, 3.05) is 13.2 Å². The van der Waals surface area contributed by atoms with Gasteiger partial charge in [-0.25, -0.2) is 0 Å². The van der Waals surface area contributed by atoms with E-state index in [-0.39, 0.29) is 13.2 Å². The number of aliphatic hydroxyl groups is 1. The van der Waals surface area contributed by atoms with Crippen molar-refractivity contribution in [1.82, 2.24) is 0 Å². The van der Waals surface area contributed by atoms with Crippen molar-refractivity contribution in [2.45, 2.75) is 0 Å². The Morgan fingerprint density at radius 3 is 1.89 bits per heavy atom. The number of aliphatic hydroxyl groups excluding tert-OH is 1. The fourth-order valence-electron chi connectivity index (χ4n) is 1.29. The largest absolute Gasteiger partial charge is 0.491 e. The lowest BCUT2D eigenvalue weighted by molar-refractivity contribution is 0.183. The van der Waals surface area contributed by atoms with Crippen molar-refractivity contribution < 1.29 is 14.8 Å². The lowest BCUT2D eigenvalue weighted by atomic mass is 9.80. The molecule has 2 aromatic rings. The van der Waals surface area contributed by atoms with Gasteiger partial charge in [0.15, 0.2) is 0 Å². The number of halogens is 1. The van der Waals surface area contributed by atoms with Crippen LogP contribution in [-0.4, -0.2) is 30.5 Å². The molecule has 0 aliphatic heterocycles. The second-order valence-corrected chi connectivity index (χ2v) is 4.09. The van der Waals surface area contributed by atoms with Gasteiger partial charge in [0.25, 0.3) is 0 Å². The van der Waals surface area contributed by atoms with Gasteiger partial charge >= 0.3 is 7.12 Å². The summed E-state index contributed by atoms with van der Waals surface area (Å²) in [5.74, 6) is 0. The number of hydrogen-bond donors (Lipinski definition) is 2. The van der Waals surface area contributed by atoms with Crippen molar-refractivity contribution in [3.63, 3.8) is 0 Å². The Morgan fingerprint density at radius 2 is 1.47 bits per heavy atom. The Hall–Kier alpha value is -1.33. The molecule has 0 aromatic heterocycles. The van der Waals surface area contributed by atoms with E-state index in [9.17, 15) is 5.02 Å². The highest BCUT2D eigenvalue weighted by Gasteiger charge is 2.14. The summed E-state index contributed by atoms with van der Waals surface area (Å²) in [4.78, 5) is 0. The van der Waals surface area contributed by atoms with Crippen LogP contribution in [0.3, 0.4) is 0 Å². The molecule has 0 unspecified atom stereocenters. The standard InChI is InChI=1S/C8H11BO3.C6H5Cl/c10-6-7-12-9(11)8-4-2-1-3-5-8;7-6-4-2-1-3-5-6/h1-5,10-11H,6-7H2;1-5H. The molecule has 0 fully saturated rings. The van der Waals surface area contributed by atoms with E-state index in [4.69, 9.17) is 21.4 Å². The van der Waals surface area contributed by atoms with E-state index in [1.807, 2.05) is 48.5 Å². The molecule has 0 saturated heterocycles. The minimum absolute atomic E-state index is 0.0795. The van der Waals surface area contributed by atoms with Gasteiger partial charge in [-0.2, -0.15) is 0 Å². The van der Waals surface area contributed by atoms with Crippen LogP contribution in [-0.2, 0) is 4.65 Å². The van der Waals surface area contributed by atoms with E-state index < -0.39 is 7.12 Å².